The molecule has 1 saturated carbocycles. The van der Waals surface area contributed by atoms with Crippen molar-refractivity contribution in [3.8, 4) is 0 Å². The molecule has 2 amide bonds. The van der Waals surface area contributed by atoms with Gasteiger partial charge in [0, 0.05) is 30.8 Å². The van der Waals surface area contributed by atoms with Crippen LogP contribution in [0.3, 0.4) is 0 Å². The van der Waals surface area contributed by atoms with E-state index in [1.165, 1.54) is 5.56 Å². The first-order valence-corrected chi connectivity index (χ1v) is 10.2. The summed E-state index contributed by atoms with van der Waals surface area (Å²) >= 11 is 0. The first-order valence-electron chi connectivity index (χ1n) is 10.2. The van der Waals surface area contributed by atoms with Gasteiger partial charge in [-0.2, -0.15) is 0 Å². The van der Waals surface area contributed by atoms with E-state index in [1.54, 1.807) is 24.3 Å². The van der Waals surface area contributed by atoms with Crippen molar-refractivity contribution in [3.63, 3.8) is 0 Å². The number of hydrogen-bond acceptors (Lipinski definition) is 3. The normalized spacial score (nSPS) is 12.8. The van der Waals surface area contributed by atoms with Crippen LogP contribution in [0.4, 0.5) is 17.1 Å². The summed E-state index contributed by atoms with van der Waals surface area (Å²) in [5.74, 6) is -0.0620. The van der Waals surface area contributed by atoms with Crippen LogP contribution in [0.15, 0.2) is 78.9 Å². The third-order valence-corrected chi connectivity index (χ3v) is 5.17. The summed E-state index contributed by atoms with van der Waals surface area (Å²) in [6.07, 6.45) is 1.89. The lowest BCUT2D eigenvalue weighted by molar-refractivity contribution is -0.117. The van der Waals surface area contributed by atoms with Gasteiger partial charge >= 0.3 is 0 Å². The number of benzene rings is 3. The van der Waals surface area contributed by atoms with Crippen LogP contribution in [0.2, 0.25) is 0 Å². The molecule has 1 aliphatic rings. The van der Waals surface area contributed by atoms with Crippen molar-refractivity contribution in [2.24, 2.45) is 5.92 Å². The maximum atomic E-state index is 12.9. The number of hydrogen-bond donors (Lipinski definition) is 2. The van der Waals surface area contributed by atoms with E-state index < -0.39 is 0 Å². The van der Waals surface area contributed by atoms with Gasteiger partial charge < -0.3 is 15.5 Å². The molecule has 0 aromatic heterocycles. The van der Waals surface area contributed by atoms with E-state index in [4.69, 9.17) is 0 Å². The quantitative estimate of drug-likeness (QED) is 0.593. The predicted octanol–water partition coefficient (Wildman–Crippen LogP) is 4.92. The average Bonchev–Trinajstić information content (AvgIpc) is 3.60. The molecule has 0 saturated heterocycles. The van der Waals surface area contributed by atoms with E-state index >= 15 is 0 Å². The molecule has 0 heterocycles. The van der Waals surface area contributed by atoms with Gasteiger partial charge in [0.2, 0.25) is 5.91 Å². The highest BCUT2D eigenvalue weighted by molar-refractivity contribution is 6.07. The summed E-state index contributed by atoms with van der Waals surface area (Å²) in [5, 5.41) is 5.91. The lowest BCUT2D eigenvalue weighted by atomic mass is 10.1. The largest absolute Gasteiger partial charge is 0.369 e. The maximum Gasteiger partial charge on any atom is 0.255 e. The fourth-order valence-corrected chi connectivity index (χ4v) is 3.38. The SMILES string of the molecule is CN(Cc1ccccc1)c1ccccc1NC(=O)c1cccc(NC(=O)C2CC2)c1. The summed E-state index contributed by atoms with van der Waals surface area (Å²) in [6.45, 7) is 0.733. The van der Waals surface area contributed by atoms with Gasteiger partial charge in [0.15, 0.2) is 0 Å². The second kappa shape index (κ2) is 8.82. The van der Waals surface area contributed by atoms with E-state index in [2.05, 4.69) is 27.7 Å². The van der Waals surface area contributed by atoms with E-state index in [0.717, 1.165) is 30.8 Å². The van der Waals surface area contributed by atoms with Crippen molar-refractivity contribution >= 4 is 28.9 Å². The van der Waals surface area contributed by atoms with Crippen molar-refractivity contribution in [1.82, 2.24) is 0 Å². The molecule has 1 aliphatic carbocycles. The summed E-state index contributed by atoms with van der Waals surface area (Å²) in [6, 6.07) is 25.0. The molecule has 3 aromatic rings. The second-order valence-corrected chi connectivity index (χ2v) is 7.66. The molecule has 5 nitrogen and oxygen atoms in total. The molecule has 1 fully saturated rings. The number of nitrogens with zero attached hydrogens (tertiary/aromatic N) is 1. The van der Waals surface area contributed by atoms with Crippen molar-refractivity contribution in [1.29, 1.82) is 0 Å². The predicted molar refractivity (Wildman–Crippen MR) is 121 cm³/mol. The maximum absolute atomic E-state index is 12.9. The molecule has 5 heteroatoms. The van der Waals surface area contributed by atoms with Crippen molar-refractivity contribution in [2.75, 3.05) is 22.6 Å². The van der Waals surface area contributed by atoms with Crippen LogP contribution in [-0.2, 0) is 11.3 Å². The monoisotopic (exact) mass is 399 g/mol. The Balaban J connectivity index is 1.47. The van der Waals surface area contributed by atoms with Crippen LogP contribution in [0, 0.1) is 5.92 Å². The van der Waals surface area contributed by atoms with Gasteiger partial charge in [-0.3, -0.25) is 9.59 Å². The summed E-state index contributed by atoms with van der Waals surface area (Å²) < 4.78 is 0. The Kier molecular flexibility index (Phi) is 5.80. The summed E-state index contributed by atoms with van der Waals surface area (Å²) in [7, 11) is 2.01. The fraction of sp³-hybridized carbons (Fsp3) is 0.200. The first kappa shape index (κ1) is 19.7. The van der Waals surface area contributed by atoms with Crippen molar-refractivity contribution in [2.45, 2.75) is 19.4 Å². The van der Waals surface area contributed by atoms with Gasteiger partial charge in [0.05, 0.1) is 11.4 Å². The number of rotatable bonds is 7. The Hall–Kier alpha value is -3.60. The number of anilines is 3. The Morgan fingerprint density at radius 1 is 0.900 bits per heavy atom. The highest BCUT2D eigenvalue weighted by Crippen LogP contribution is 2.30. The fourth-order valence-electron chi connectivity index (χ4n) is 3.38. The number of carbonyl (C=O) groups is 2. The van der Waals surface area contributed by atoms with Crippen LogP contribution in [0.25, 0.3) is 0 Å². The molecule has 4 rings (SSSR count). The van der Waals surface area contributed by atoms with Gasteiger partial charge in [-0.25, -0.2) is 0 Å². The lowest BCUT2D eigenvalue weighted by Crippen LogP contribution is -2.20. The topological polar surface area (TPSA) is 61.4 Å². The average molecular weight is 399 g/mol. The van der Waals surface area contributed by atoms with Gasteiger partial charge in [0.25, 0.3) is 5.91 Å². The smallest absolute Gasteiger partial charge is 0.255 e. The lowest BCUT2D eigenvalue weighted by Gasteiger charge is -2.23. The number of nitrogens with one attached hydrogen (secondary N) is 2. The van der Waals surface area contributed by atoms with Gasteiger partial charge in [-0.1, -0.05) is 48.5 Å². The molecule has 30 heavy (non-hydrogen) atoms. The zero-order chi connectivity index (χ0) is 20.9. The van der Waals surface area contributed by atoms with Gasteiger partial charge in [-0.05, 0) is 48.7 Å². The molecule has 0 unspecified atom stereocenters. The number of para-hydroxylation sites is 2. The minimum atomic E-state index is -0.210. The molecule has 152 valence electrons. The van der Waals surface area contributed by atoms with E-state index in [-0.39, 0.29) is 17.7 Å². The second-order valence-electron chi connectivity index (χ2n) is 7.66. The van der Waals surface area contributed by atoms with Crippen LogP contribution >= 0.6 is 0 Å². The van der Waals surface area contributed by atoms with Gasteiger partial charge in [-0.15, -0.1) is 0 Å². The molecule has 2 N–H and O–H groups in total. The Bertz CT molecular complexity index is 1050. The highest BCUT2D eigenvalue weighted by Gasteiger charge is 2.29. The minimum absolute atomic E-state index is 0.0282. The molecule has 0 radical (unpaired) electrons. The molecule has 0 aliphatic heterocycles. The number of carbonyl (C=O) groups excluding carboxylic acids is 2. The molecular formula is C25H25N3O2. The Morgan fingerprint density at radius 2 is 1.63 bits per heavy atom. The van der Waals surface area contributed by atoms with Crippen LogP contribution in [-0.4, -0.2) is 18.9 Å². The van der Waals surface area contributed by atoms with Gasteiger partial charge in [0.1, 0.15) is 0 Å². The molecule has 0 atom stereocenters. The third kappa shape index (κ3) is 4.87. The third-order valence-electron chi connectivity index (χ3n) is 5.17. The zero-order valence-corrected chi connectivity index (χ0v) is 17.0. The molecule has 0 bridgehead atoms. The molecule has 3 aromatic carbocycles. The Morgan fingerprint density at radius 3 is 2.40 bits per heavy atom. The van der Waals surface area contributed by atoms with Crippen molar-refractivity contribution in [3.05, 3.63) is 90.0 Å². The summed E-state index contributed by atoms with van der Waals surface area (Å²) in [4.78, 5) is 27.0. The van der Waals surface area contributed by atoms with E-state index in [0.29, 0.717) is 11.3 Å². The Labute approximate surface area is 176 Å². The highest BCUT2D eigenvalue weighted by atomic mass is 16.2. The van der Waals surface area contributed by atoms with Crippen LogP contribution in [0.1, 0.15) is 28.8 Å². The standard InChI is InChI=1S/C25H25N3O2/c1-28(17-18-8-3-2-4-9-18)23-13-6-5-12-22(23)27-25(30)20-10-7-11-21(16-20)26-24(29)19-14-15-19/h2-13,16,19H,14-15,17H2,1H3,(H,26,29)(H,27,30). The first-order chi connectivity index (χ1) is 14.6. The minimum Gasteiger partial charge on any atom is -0.369 e. The molecular weight excluding hydrogens is 374 g/mol. The van der Waals surface area contributed by atoms with E-state index in [9.17, 15) is 9.59 Å². The zero-order valence-electron chi connectivity index (χ0n) is 17.0. The van der Waals surface area contributed by atoms with Crippen molar-refractivity contribution < 1.29 is 9.59 Å². The molecule has 0 spiro atoms. The van der Waals surface area contributed by atoms with Crippen LogP contribution in [0.5, 0.6) is 0 Å². The number of amides is 2. The van der Waals surface area contributed by atoms with E-state index in [1.807, 2.05) is 49.5 Å². The summed E-state index contributed by atoms with van der Waals surface area (Å²) in [5.41, 5.74) is 4.03. The van der Waals surface area contributed by atoms with Crippen LogP contribution < -0.4 is 15.5 Å².